The number of alkyl halides is 3. The van der Waals surface area contributed by atoms with E-state index in [0.29, 0.717) is 54.8 Å². The van der Waals surface area contributed by atoms with Gasteiger partial charge in [0.15, 0.2) is 6.61 Å². The van der Waals surface area contributed by atoms with Crippen LogP contribution in [0, 0.1) is 0 Å². The van der Waals surface area contributed by atoms with E-state index in [1.165, 1.54) is 24.3 Å². The zero-order valence-electron chi connectivity index (χ0n) is 31.3. The van der Waals surface area contributed by atoms with E-state index >= 15 is 0 Å². The summed E-state index contributed by atoms with van der Waals surface area (Å²) in [6, 6.07) is 17.5. The molecule has 1 fully saturated rings. The molecule has 20 heteroatoms. The van der Waals surface area contributed by atoms with E-state index in [0.717, 1.165) is 12.7 Å². The van der Waals surface area contributed by atoms with E-state index in [-0.39, 0.29) is 30.4 Å². The molecule has 0 unspecified atom stereocenters. The standard InChI is InChI=1S/C38H40ClF3N8O8/c1-3-56-20-21-57-28-14-12-26(13-15-28)44-32(53)31(52)43-19-16-29(33(54)55-2)46-30(51)23-4-10-27(11-5-23)45-34-47-35(49-36(48-34)58-22-38(40,41)42)50-37(17-18-37)24-6-8-25(39)9-7-24/h4-15,29H,3,16-22H2,1-2H3,(H,43,52)(H,44,53)(H,46,51)(H2,45,47,48,49,50)/t29-/m0/s1. The third-order valence-electron chi connectivity index (χ3n) is 8.41. The number of benzene rings is 3. The summed E-state index contributed by atoms with van der Waals surface area (Å²) in [4.78, 5) is 62.8. The van der Waals surface area contributed by atoms with Gasteiger partial charge in [-0.1, -0.05) is 23.7 Å². The maximum Gasteiger partial charge on any atom is 0.422 e. The van der Waals surface area contributed by atoms with Crippen molar-refractivity contribution < 1.29 is 51.3 Å². The van der Waals surface area contributed by atoms with Crippen LogP contribution in [0.4, 0.5) is 36.4 Å². The summed E-state index contributed by atoms with van der Waals surface area (Å²) in [6.45, 7) is 1.44. The summed E-state index contributed by atoms with van der Waals surface area (Å²) >= 11 is 6.03. The minimum atomic E-state index is -4.64. The molecule has 1 heterocycles. The van der Waals surface area contributed by atoms with Gasteiger partial charge < -0.3 is 45.5 Å². The number of anilines is 4. The molecule has 1 aromatic heterocycles. The average molecular weight is 829 g/mol. The summed E-state index contributed by atoms with van der Waals surface area (Å²) in [5.74, 6) is -2.99. The molecule has 0 aliphatic heterocycles. The molecule has 0 saturated heterocycles. The van der Waals surface area contributed by atoms with Crippen LogP contribution < -0.4 is 36.1 Å². The molecule has 1 aliphatic carbocycles. The predicted molar refractivity (Wildman–Crippen MR) is 205 cm³/mol. The Morgan fingerprint density at radius 1 is 0.845 bits per heavy atom. The first-order valence-electron chi connectivity index (χ1n) is 17.9. The molecule has 5 rings (SSSR count). The number of rotatable bonds is 19. The summed E-state index contributed by atoms with van der Waals surface area (Å²) in [5, 5.41) is 14.0. The van der Waals surface area contributed by atoms with Crippen molar-refractivity contribution in [3.05, 3.63) is 88.9 Å². The second kappa shape index (κ2) is 19.8. The molecule has 58 heavy (non-hydrogen) atoms. The molecule has 1 aliphatic rings. The van der Waals surface area contributed by atoms with E-state index < -0.39 is 54.1 Å². The molecule has 1 saturated carbocycles. The van der Waals surface area contributed by atoms with Crippen LogP contribution in [-0.4, -0.2) is 90.9 Å². The van der Waals surface area contributed by atoms with Crippen LogP contribution in [0.3, 0.4) is 0 Å². The monoisotopic (exact) mass is 828 g/mol. The fraction of sp³-hybridized carbons (Fsp3) is 0.342. The van der Waals surface area contributed by atoms with E-state index in [1.54, 1.807) is 36.4 Å². The number of hydrogen-bond acceptors (Lipinski definition) is 13. The van der Waals surface area contributed by atoms with Crippen molar-refractivity contribution in [2.75, 3.05) is 56.0 Å². The summed E-state index contributed by atoms with van der Waals surface area (Å²) in [6.07, 6.45) is -3.34. The van der Waals surface area contributed by atoms with Crippen LogP contribution in [0.25, 0.3) is 0 Å². The lowest BCUT2D eigenvalue weighted by atomic mass is 10.1. The van der Waals surface area contributed by atoms with Crippen LogP contribution in [0.1, 0.15) is 42.1 Å². The lowest BCUT2D eigenvalue weighted by Gasteiger charge is -2.19. The van der Waals surface area contributed by atoms with E-state index in [2.05, 4.69) is 41.5 Å². The number of nitrogens with zero attached hydrogens (tertiary/aromatic N) is 3. The molecule has 0 spiro atoms. The first-order valence-corrected chi connectivity index (χ1v) is 18.3. The summed E-state index contributed by atoms with van der Waals surface area (Å²) in [5.41, 5.74) is 1.15. The van der Waals surface area contributed by atoms with E-state index in [9.17, 15) is 32.3 Å². The number of halogens is 4. The van der Waals surface area contributed by atoms with Gasteiger partial charge in [-0.3, -0.25) is 14.4 Å². The zero-order valence-corrected chi connectivity index (χ0v) is 32.0. The lowest BCUT2D eigenvalue weighted by Crippen LogP contribution is -2.44. The minimum absolute atomic E-state index is 0.0334. The quantitative estimate of drug-likeness (QED) is 0.0473. The highest BCUT2D eigenvalue weighted by atomic mass is 35.5. The molecule has 5 N–H and O–H groups in total. The Morgan fingerprint density at radius 2 is 1.52 bits per heavy atom. The third kappa shape index (κ3) is 12.9. The van der Waals surface area contributed by atoms with Crippen molar-refractivity contribution in [2.24, 2.45) is 0 Å². The number of nitrogens with one attached hydrogen (secondary N) is 5. The molecule has 1 atom stereocenters. The first-order chi connectivity index (χ1) is 27.8. The van der Waals surface area contributed by atoms with Crippen molar-refractivity contribution in [1.82, 2.24) is 25.6 Å². The van der Waals surface area contributed by atoms with Crippen LogP contribution in [0.2, 0.25) is 5.02 Å². The molecule has 16 nitrogen and oxygen atoms in total. The van der Waals surface area contributed by atoms with Gasteiger partial charge in [-0.2, -0.15) is 28.1 Å². The van der Waals surface area contributed by atoms with Gasteiger partial charge in [-0.05, 0) is 92.4 Å². The normalized spacial score (nSPS) is 13.3. The fourth-order valence-corrected chi connectivity index (χ4v) is 5.46. The van der Waals surface area contributed by atoms with Gasteiger partial charge in [-0.15, -0.1) is 0 Å². The van der Waals surface area contributed by atoms with Crippen LogP contribution >= 0.6 is 11.6 Å². The predicted octanol–water partition coefficient (Wildman–Crippen LogP) is 5.14. The highest BCUT2D eigenvalue weighted by Gasteiger charge is 2.45. The molecule has 3 amide bonds. The minimum Gasteiger partial charge on any atom is -0.491 e. The number of esters is 1. The molecule has 308 valence electrons. The Bertz CT molecular complexity index is 2040. The maximum atomic E-state index is 13.1. The number of hydrogen-bond donors (Lipinski definition) is 5. The van der Waals surface area contributed by atoms with E-state index in [1.807, 2.05) is 19.1 Å². The van der Waals surface area contributed by atoms with Crippen molar-refractivity contribution >= 4 is 58.6 Å². The van der Waals surface area contributed by atoms with Gasteiger partial charge in [0.25, 0.3) is 5.91 Å². The SMILES string of the molecule is CCOCCOc1ccc(NC(=O)C(=O)NCC[C@H](NC(=O)c2ccc(Nc3nc(NC4(c5ccc(Cl)cc5)CC4)nc(OCC(F)(F)F)n3)cc2)C(=O)OC)cc1. The topological polar surface area (TPSA) is 204 Å². The van der Waals surface area contributed by atoms with Gasteiger partial charge in [0.2, 0.25) is 11.9 Å². The molecular weight excluding hydrogens is 789 g/mol. The fourth-order valence-electron chi connectivity index (χ4n) is 5.34. The van der Waals surface area contributed by atoms with Gasteiger partial charge >= 0.3 is 30.0 Å². The van der Waals surface area contributed by atoms with Gasteiger partial charge in [-0.25, -0.2) is 4.79 Å². The third-order valence-corrected chi connectivity index (χ3v) is 8.66. The van der Waals surface area contributed by atoms with Crippen LogP contribution in [-0.2, 0) is 29.4 Å². The highest BCUT2D eigenvalue weighted by molar-refractivity contribution is 6.39. The Morgan fingerprint density at radius 3 is 2.16 bits per heavy atom. The zero-order chi connectivity index (χ0) is 41.7. The average Bonchev–Trinajstić information content (AvgIpc) is 3.98. The Balaban J connectivity index is 1.16. The van der Waals surface area contributed by atoms with Crippen LogP contribution in [0.5, 0.6) is 11.8 Å². The second-order valence-electron chi connectivity index (χ2n) is 12.7. The molecule has 3 aromatic carbocycles. The molecule has 0 bridgehead atoms. The van der Waals surface area contributed by atoms with Crippen molar-refractivity contribution in [1.29, 1.82) is 0 Å². The largest absolute Gasteiger partial charge is 0.491 e. The first kappa shape index (κ1) is 42.9. The van der Waals surface area contributed by atoms with Gasteiger partial charge in [0, 0.05) is 35.1 Å². The number of carbonyl (C=O) groups excluding carboxylic acids is 4. The summed E-state index contributed by atoms with van der Waals surface area (Å²) < 4.78 is 59.3. The maximum absolute atomic E-state index is 13.1. The van der Waals surface area contributed by atoms with Gasteiger partial charge in [0.1, 0.15) is 18.4 Å². The number of amides is 3. The number of ether oxygens (including phenoxy) is 4. The van der Waals surface area contributed by atoms with Crippen molar-refractivity contribution in [2.45, 2.75) is 43.9 Å². The summed E-state index contributed by atoms with van der Waals surface area (Å²) in [7, 11) is 1.13. The second-order valence-corrected chi connectivity index (χ2v) is 13.1. The number of aromatic nitrogens is 3. The van der Waals surface area contributed by atoms with Crippen molar-refractivity contribution in [3.8, 4) is 11.8 Å². The lowest BCUT2D eigenvalue weighted by molar-refractivity contribution is -0.154. The Hall–Kier alpha value is -6.21. The Kier molecular flexibility index (Phi) is 14.6. The molecule has 0 radical (unpaired) electrons. The van der Waals surface area contributed by atoms with Crippen molar-refractivity contribution in [3.63, 3.8) is 0 Å². The Labute approximate surface area is 335 Å². The van der Waals surface area contributed by atoms with E-state index in [4.69, 9.17) is 30.5 Å². The highest BCUT2D eigenvalue weighted by Crippen LogP contribution is 2.48. The van der Waals surface area contributed by atoms with Crippen LogP contribution in [0.15, 0.2) is 72.8 Å². The number of carbonyl (C=O) groups is 4. The van der Waals surface area contributed by atoms with Gasteiger partial charge in [0.05, 0.1) is 19.3 Å². The number of methoxy groups -OCH3 is 1. The molecule has 4 aromatic rings. The molecular formula is C38H40ClF3N8O8. The smallest absolute Gasteiger partial charge is 0.422 e.